The van der Waals surface area contributed by atoms with E-state index in [9.17, 15) is 14.4 Å². The zero-order valence-corrected chi connectivity index (χ0v) is 13.7. The molecule has 0 radical (unpaired) electrons. The molecule has 0 aromatic heterocycles. The van der Waals surface area contributed by atoms with Crippen molar-refractivity contribution in [2.45, 2.75) is 37.6 Å². The Labute approximate surface area is 143 Å². The van der Waals surface area contributed by atoms with E-state index in [1.54, 1.807) is 0 Å². The Hall–Kier alpha value is -1.79. The van der Waals surface area contributed by atoms with E-state index in [4.69, 9.17) is 23.2 Å². The van der Waals surface area contributed by atoms with Gasteiger partial charge in [-0.05, 0) is 31.0 Å². The van der Waals surface area contributed by atoms with Gasteiger partial charge in [-0.1, -0.05) is 42.5 Å². The van der Waals surface area contributed by atoms with Crippen molar-refractivity contribution in [1.29, 1.82) is 0 Å². The van der Waals surface area contributed by atoms with Crippen LogP contribution in [0.1, 0.15) is 42.5 Å². The van der Waals surface area contributed by atoms with Crippen molar-refractivity contribution >= 4 is 41.0 Å². The normalized spacial score (nSPS) is 19.8. The molecule has 23 heavy (non-hydrogen) atoms. The Bertz CT molecular complexity index is 687. The minimum atomic E-state index is -0.875. The average Bonchev–Trinajstić information content (AvgIpc) is 2.75. The Kier molecular flexibility index (Phi) is 4.21. The molecule has 0 unspecified atom stereocenters. The second-order valence-corrected chi connectivity index (χ2v) is 6.60. The summed E-state index contributed by atoms with van der Waals surface area (Å²) < 4.78 is 0. The number of imide groups is 1. The number of rotatable bonds is 2. The van der Waals surface area contributed by atoms with Crippen molar-refractivity contribution in [3.05, 3.63) is 33.8 Å². The third-order valence-electron chi connectivity index (χ3n) is 4.26. The first-order chi connectivity index (χ1) is 10.9. The van der Waals surface area contributed by atoms with Crippen LogP contribution in [0.5, 0.6) is 0 Å². The van der Waals surface area contributed by atoms with E-state index in [-0.39, 0.29) is 10.6 Å². The average molecular weight is 356 g/mol. The number of nitrogens with one attached hydrogen (secondary N) is 2. The van der Waals surface area contributed by atoms with Crippen LogP contribution in [-0.4, -0.2) is 28.4 Å². The molecule has 8 heteroatoms. The Balaban J connectivity index is 1.76. The summed E-state index contributed by atoms with van der Waals surface area (Å²) >= 11 is 11.7. The molecule has 1 aromatic carbocycles. The molecule has 1 aliphatic heterocycles. The highest BCUT2D eigenvalue weighted by Crippen LogP contribution is 2.33. The van der Waals surface area contributed by atoms with Crippen LogP contribution in [0.25, 0.3) is 0 Å². The summed E-state index contributed by atoms with van der Waals surface area (Å²) in [5, 5.41) is 4.02. The van der Waals surface area contributed by atoms with Crippen molar-refractivity contribution in [2.75, 3.05) is 0 Å². The Morgan fingerprint density at radius 1 is 1.13 bits per heavy atom. The van der Waals surface area contributed by atoms with Gasteiger partial charge in [0.1, 0.15) is 5.54 Å². The smallest absolute Gasteiger partial charge is 0.322 e. The van der Waals surface area contributed by atoms with Gasteiger partial charge < -0.3 is 5.32 Å². The molecule has 0 atom stereocenters. The lowest BCUT2D eigenvalue weighted by Gasteiger charge is -2.30. The summed E-state index contributed by atoms with van der Waals surface area (Å²) in [7, 11) is 0. The van der Waals surface area contributed by atoms with Crippen LogP contribution < -0.4 is 10.7 Å². The maximum atomic E-state index is 12.6. The van der Waals surface area contributed by atoms with E-state index >= 15 is 0 Å². The molecular weight excluding hydrogens is 341 g/mol. The monoisotopic (exact) mass is 355 g/mol. The predicted molar refractivity (Wildman–Crippen MR) is 85.1 cm³/mol. The molecule has 1 saturated carbocycles. The van der Waals surface area contributed by atoms with Crippen LogP contribution in [0.2, 0.25) is 10.0 Å². The number of carbonyl (C=O) groups is 3. The van der Waals surface area contributed by atoms with Gasteiger partial charge in [-0.3, -0.25) is 15.0 Å². The molecule has 1 heterocycles. The van der Waals surface area contributed by atoms with E-state index in [0.717, 1.165) is 24.3 Å². The first-order valence-electron chi connectivity index (χ1n) is 7.36. The highest BCUT2D eigenvalue weighted by atomic mass is 35.5. The number of hydrazine groups is 1. The second kappa shape index (κ2) is 6.02. The van der Waals surface area contributed by atoms with Crippen LogP contribution >= 0.6 is 23.2 Å². The van der Waals surface area contributed by atoms with E-state index in [2.05, 4.69) is 10.7 Å². The van der Waals surface area contributed by atoms with Crippen LogP contribution in [-0.2, 0) is 4.79 Å². The molecule has 2 aliphatic rings. The first-order valence-corrected chi connectivity index (χ1v) is 8.11. The largest absolute Gasteiger partial charge is 0.344 e. The molecule has 2 N–H and O–H groups in total. The number of hydrogen-bond donors (Lipinski definition) is 2. The third-order valence-corrected chi connectivity index (χ3v) is 5.00. The zero-order valence-electron chi connectivity index (χ0n) is 12.2. The first kappa shape index (κ1) is 16.1. The third kappa shape index (κ3) is 2.88. The number of benzene rings is 1. The summed E-state index contributed by atoms with van der Waals surface area (Å²) in [6, 6.07) is 3.73. The second-order valence-electron chi connectivity index (χ2n) is 5.78. The number of nitrogens with zero attached hydrogens (tertiary/aromatic N) is 1. The molecule has 0 bridgehead atoms. The van der Waals surface area contributed by atoms with Crippen molar-refractivity contribution in [3.8, 4) is 0 Å². The van der Waals surface area contributed by atoms with E-state index in [1.807, 2.05) is 0 Å². The van der Waals surface area contributed by atoms with Crippen LogP contribution in [0.3, 0.4) is 0 Å². The number of hydrogen-bond acceptors (Lipinski definition) is 3. The quantitative estimate of drug-likeness (QED) is 0.800. The molecule has 4 amide bonds. The maximum absolute atomic E-state index is 12.6. The van der Waals surface area contributed by atoms with Crippen LogP contribution in [0, 0.1) is 0 Å². The summed E-state index contributed by atoms with van der Waals surface area (Å²) in [6.45, 7) is 0. The summed E-state index contributed by atoms with van der Waals surface area (Å²) in [6.07, 6.45) is 3.98. The van der Waals surface area contributed by atoms with E-state index in [0.29, 0.717) is 17.9 Å². The Morgan fingerprint density at radius 2 is 1.83 bits per heavy atom. The van der Waals surface area contributed by atoms with Gasteiger partial charge in [0.25, 0.3) is 11.8 Å². The molecular formula is C15H15Cl2N3O3. The van der Waals surface area contributed by atoms with Gasteiger partial charge in [-0.25, -0.2) is 4.79 Å². The maximum Gasteiger partial charge on any atom is 0.344 e. The molecule has 3 rings (SSSR count). The highest BCUT2D eigenvalue weighted by molar-refractivity contribution is 6.42. The zero-order chi connectivity index (χ0) is 16.6. The fourth-order valence-electron chi connectivity index (χ4n) is 3.02. The van der Waals surface area contributed by atoms with Gasteiger partial charge in [0.15, 0.2) is 0 Å². The van der Waals surface area contributed by atoms with Gasteiger partial charge in [-0.15, -0.1) is 0 Å². The number of amides is 4. The van der Waals surface area contributed by atoms with Gasteiger partial charge >= 0.3 is 6.03 Å². The minimum absolute atomic E-state index is 0.213. The summed E-state index contributed by atoms with van der Waals surface area (Å²) in [5.41, 5.74) is 1.68. The predicted octanol–water partition coefficient (Wildman–Crippen LogP) is 2.89. The highest BCUT2D eigenvalue weighted by Gasteiger charge is 2.52. The lowest BCUT2D eigenvalue weighted by molar-refractivity contribution is -0.134. The molecule has 122 valence electrons. The molecule has 2 fully saturated rings. The topological polar surface area (TPSA) is 78.5 Å². The van der Waals surface area contributed by atoms with Gasteiger partial charge in [-0.2, -0.15) is 5.01 Å². The van der Waals surface area contributed by atoms with Crippen LogP contribution in [0.4, 0.5) is 4.79 Å². The fraction of sp³-hybridized carbons (Fsp3) is 0.400. The number of urea groups is 1. The summed E-state index contributed by atoms with van der Waals surface area (Å²) in [5.74, 6) is -1.00. The lowest BCUT2D eigenvalue weighted by Crippen LogP contribution is -2.50. The number of carbonyl (C=O) groups excluding carboxylic acids is 3. The van der Waals surface area contributed by atoms with Gasteiger partial charge in [0.05, 0.1) is 10.0 Å². The molecule has 1 saturated heterocycles. The van der Waals surface area contributed by atoms with Gasteiger partial charge in [0, 0.05) is 5.56 Å². The summed E-state index contributed by atoms with van der Waals surface area (Å²) in [4.78, 5) is 36.9. The Morgan fingerprint density at radius 3 is 2.48 bits per heavy atom. The fourth-order valence-corrected chi connectivity index (χ4v) is 3.32. The molecule has 1 aromatic rings. The standard InChI is InChI=1S/C15H15Cl2N3O3/c16-10-5-4-9(8-11(10)17)12(21)19-20-13(22)15(18-14(20)23)6-2-1-3-7-15/h4-5,8H,1-3,6-7H2,(H,18,23)(H,19,21). The van der Waals surface area contributed by atoms with E-state index in [1.165, 1.54) is 18.2 Å². The van der Waals surface area contributed by atoms with Crippen molar-refractivity contribution in [1.82, 2.24) is 15.8 Å². The van der Waals surface area contributed by atoms with E-state index < -0.39 is 23.4 Å². The molecule has 6 nitrogen and oxygen atoms in total. The lowest BCUT2D eigenvalue weighted by atomic mass is 9.82. The number of halogens is 2. The van der Waals surface area contributed by atoms with Crippen molar-refractivity contribution in [3.63, 3.8) is 0 Å². The minimum Gasteiger partial charge on any atom is -0.322 e. The SMILES string of the molecule is O=C(NN1C(=O)NC2(CCCCC2)C1=O)c1ccc(Cl)c(Cl)c1. The molecule has 1 aliphatic carbocycles. The van der Waals surface area contributed by atoms with Crippen molar-refractivity contribution in [2.24, 2.45) is 0 Å². The van der Waals surface area contributed by atoms with Crippen molar-refractivity contribution < 1.29 is 14.4 Å². The van der Waals surface area contributed by atoms with Crippen LogP contribution in [0.15, 0.2) is 18.2 Å². The van der Waals surface area contributed by atoms with Gasteiger partial charge in [0.2, 0.25) is 0 Å². The molecule has 1 spiro atoms.